The third-order valence-corrected chi connectivity index (χ3v) is 5.98. The predicted molar refractivity (Wildman–Crippen MR) is 109 cm³/mol. The molecule has 3 aromatic rings. The van der Waals surface area contributed by atoms with Crippen LogP contribution in [-0.4, -0.2) is 16.7 Å². The van der Waals surface area contributed by atoms with Gasteiger partial charge in [0, 0.05) is 17.0 Å². The molecule has 0 N–H and O–H groups in total. The number of methoxy groups -OCH3 is 1. The molecular weight excluding hydrogens is 356 g/mol. The third-order valence-electron chi connectivity index (χ3n) is 4.89. The van der Waals surface area contributed by atoms with Gasteiger partial charge in [0.2, 0.25) is 0 Å². The Bertz CT molecular complexity index is 1030. The molecule has 2 aromatic carbocycles. The molecule has 1 aromatic heterocycles. The number of benzene rings is 2. The van der Waals surface area contributed by atoms with Crippen molar-refractivity contribution in [1.82, 2.24) is 9.55 Å². The van der Waals surface area contributed by atoms with E-state index in [2.05, 4.69) is 36.2 Å². The standard InChI is InChI=1S/C22H22N2O2S/c1-15-5-3-6-16(13-15)14-27-21-19-7-4-8-20(19)24(22(25)23-21)17-9-11-18(26-2)12-10-17/h3,5-6,9-13H,4,7-8,14H2,1-2H3. The molecule has 27 heavy (non-hydrogen) atoms. The van der Waals surface area contributed by atoms with E-state index in [1.165, 1.54) is 16.7 Å². The highest BCUT2D eigenvalue weighted by Gasteiger charge is 2.22. The average molecular weight is 378 g/mol. The minimum atomic E-state index is -0.201. The van der Waals surface area contributed by atoms with E-state index in [1.54, 1.807) is 23.4 Å². The van der Waals surface area contributed by atoms with E-state index >= 15 is 0 Å². The van der Waals surface area contributed by atoms with Gasteiger partial charge in [-0.2, -0.15) is 4.98 Å². The van der Waals surface area contributed by atoms with Gasteiger partial charge in [0.25, 0.3) is 0 Å². The molecule has 5 heteroatoms. The number of hydrogen-bond donors (Lipinski definition) is 0. The zero-order valence-electron chi connectivity index (χ0n) is 15.6. The monoisotopic (exact) mass is 378 g/mol. The second-order valence-corrected chi connectivity index (χ2v) is 7.75. The number of hydrogen-bond acceptors (Lipinski definition) is 4. The fourth-order valence-electron chi connectivity index (χ4n) is 3.60. The number of aryl methyl sites for hydroxylation is 1. The molecular formula is C22H22N2O2S. The van der Waals surface area contributed by atoms with Crippen molar-refractivity contribution in [3.8, 4) is 11.4 Å². The van der Waals surface area contributed by atoms with E-state index in [1.807, 2.05) is 24.3 Å². The molecule has 0 spiro atoms. The predicted octanol–water partition coefficient (Wildman–Crippen LogP) is 4.33. The third kappa shape index (κ3) is 3.65. The number of aromatic nitrogens is 2. The highest BCUT2D eigenvalue weighted by Crippen LogP contribution is 2.32. The maximum Gasteiger partial charge on any atom is 0.353 e. The van der Waals surface area contributed by atoms with Gasteiger partial charge in [-0.05, 0) is 56.0 Å². The van der Waals surface area contributed by atoms with Crippen LogP contribution in [0.4, 0.5) is 0 Å². The summed E-state index contributed by atoms with van der Waals surface area (Å²) in [7, 11) is 1.64. The highest BCUT2D eigenvalue weighted by atomic mass is 32.2. The maximum absolute atomic E-state index is 12.8. The summed E-state index contributed by atoms with van der Waals surface area (Å²) >= 11 is 1.67. The van der Waals surface area contributed by atoms with Gasteiger partial charge in [-0.25, -0.2) is 4.79 Å². The van der Waals surface area contributed by atoms with Crippen molar-refractivity contribution in [3.63, 3.8) is 0 Å². The molecule has 0 amide bonds. The van der Waals surface area contributed by atoms with Gasteiger partial charge < -0.3 is 4.74 Å². The van der Waals surface area contributed by atoms with Crippen LogP contribution in [0.2, 0.25) is 0 Å². The van der Waals surface area contributed by atoms with Crippen LogP contribution in [0.15, 0.2) is 58.4 Å². The Balaban J connectivity index is 1.68. The largest absolute Gasteiger partial charge is 0.497 e. The molecule has 0 saturated heterocycles. The summed E-state index contributed by atoms with van der Waals surface area (Å²) in [6.07, 6.45) is 2.96. The fourth-order valence-corrected chi connectivity index (χ4v) is 4.61. The van der Waals surface area contributed by atoms with Crippen molar-refractivity contribution < 1.29 is 4.74 Å². The van der Waals surface area contributed by atoms with Crippen molar-refractivity contribution in [2.45, 2.75) is 37.0 Å². The summed E-state index contributed by atoms with van der Waals surface area (Å²) < 4.78 is 6.99. The van der Waals surface area contributed by atoms with E-state index in [0.717, 1.165) is 47.2 Å². The van der Waals surface area contributed by atoms with E-state index in [4.69, 9.17) is 4.74 Å². The first-order valence-electron chi connectivity index (χ1n) is 9.13. The molecule has 4 rings (SSSR count). The lowest BCUT2D eigenvalue weighted by Gasteiger charge is -2.14. The summed E-state index contributed by atoms with van der Waals surface area (Å²) in [6, 6.07) is 16.1. The molecule has 0 radical (unpaired) electrons. The van der Waals surface area contributed by atoms with Crippen LogP contribution in [0.3, 0.4) is 0 Å². The number of rotatable bonds is 5. The minimum absolute atomic E-state index is 0.201. The Morgan fingerprint density at radius 3 is 2.70 bits per heavy atom. The first kappa shape index (κ1) is 17.9. The van der Waals surface area contributed by atoms with Gasteiger partial charge in [-0.3, -0.25) is 4.57 Å². The zero-order chi connectivity index (χ0) is 18.8. The molecule has 0 unspecified atom stereocenters. The van der Waals surface area contributed by atoms with Gasteiger partial charge in [-0.1, -0.05) is 29.8 Å². The first-order chi connectivity index (χ1) is 13.2. The zero-order valence-corrected chi connectivity index (χ0v) is 16.4. The van der Waals surface area contributed by atoms with Crippen molar-refractivity contribution in [1.29, 1.82) is 0 Å². The minimum Gasteiger partial charge on any atom is -0.497 e. The molecule has 0 fully saturated rings. The normalized spacial score (nSPS) is 12.8. The van der Waals surface area contributed by atoms with Gasteiger partial charge in [0.1, 0.15) is 10.8 Å². The first-order valence-corrected chi connectivity index (χ1v) is 10.1. The molecule has 4 nitrogen and oxygen atoms in total. The number of ether oxygens (including phenoxy) is 1. The Morgan fingerprint density at radius 1 is 1.15 bits per heavy atom. The van der Waals surface area contributed by atoms with Crippen molar-refractivity contribution in [2.24, 2.45) is 0 Å². The van der Waals surface area contributed by atoms with Crippen molar-refractivity contribution in [3.05, 3.63) is 81.4 Å². The van der Waals surface area contributed by atoms with Gasteiger partial charge in [0.15, 0.2) is 0 Å². The second-order valence-electron chi connectivity index (χ2n) is 6.79. The topological polar surface area (TPSA) is 44.1 Å². The fraction of sp³-hybridized carbons (Fsp3) is 0.273. The van der Waals surface area contributed by atoms with Crippen LogP contribution in [0, 0.1) is 6.92 Å². The van der Waals surface area contributed by atoms with Crippen LogP contribution in [0.1, 0.15) is 28.8 Å². The molecule has 1 aliphatic rings. The highest BCUT2D eigenvalue weighted by molar-refractivity contribution is 7.98. The summed E-state index contributed by atoms with van der Waals surface area (Å²) in [5, 5.41) is 0.888. The molecule has 0 aliphatic heterocycles. The molecule has 138 valence electrons. The quantitative estimate of drug-likeness (QED) is 0.490. The van der Waals surface area contributed by atoms with Crippen molar-refractivity contribution >= 4 is 11.8 Å². The van der Waals surface area contributed by atoms with Crippen LogP contribution >= 0.6 is 11.8 Å². The maximum atomic E-state index is 12.8. The van der Waals surface area contributed by atoms with E-state index < -0.39 is 0 Å². The second kappa shape index (κ2) is 7.61. The van der Waals surface area contributed by atoms with Crippen LogP contribution < -0.4 is 10.4 Å². The summed E-state index contributed by atoms with van der Waals surface area (Å²) in [6.45, 7) is 2.10. The van der Waals surface area contributed by atoms with E-state index in [0.29, 0.717) is 0 Å². The number of fused-ring (bicyclic) bond motifs is 1. The molecule has 0 saturated carbocycles. The SMILES string of the molecule is COc1ccc(-n2c3c(c(SCc4cccc(C)c4)nc2=O)CCC3)cc1. The van der Waals surface area contributed by atoms with Gasteiger partial charge >= 0.3 is 5.69 Å². The number of nitrogens with zero attached hydrogens (tertiary/aromatic N) is 2. The Morgan fingerprint density at radius 2 is 1.96 bits per heavy atom. The summed E-state index contributed by atoms with van der Waals surface area (Å²) in [5.74, 6) is 1.61. The van der Waals surface area contributed by atoms with Crippen molar-refractivity contribution in [2.75, 3.05) is 7.11 Å². The van der Waals surface area contributed by atoms with Crippen LogP contribution in [-0.2, 0) is 18.6 Å². The average Bonchev–Trinajstić information content (AvgIpc) is 3.16. The number of thioether (sulfide) groups is 1. The van der Waals surface area contributed by atoms with Gasteiger partial charge in [-0.15, -0.1) is 11.8 Å². The summed E-state index contributed by atoms with van der Waals surface area (Å²) in [5.41, 5.74) is 5.48. The van der Waals surface area contributed by atoms with Crippen LogP contribution in [0.25, 0.3) is 5.69 Å². The Kier molecular flexibility index (Phi) is 5.03. The molecule has 0 bridgehead atoms. The van der Waals surface area contributed by atoms with E-state index in [-0.39, 0.29) is 5.69 Å². The molecule has 1 heterocycles. The van der Waals surface area contributed by atoms with Crippen LogP contribution in [0.5, 0.6) is 5.75 Å². The lowest BCUT2D eigenvalue weighted by molar-refractivity contribution is 0.414. The summed E-state index contributed by atoms with van der Waals surface area (Å²) in [4.78, 5) is 17.3. The van der Waals surface area contributed by atoms with E-state index in [9.17, 15) is 4.79 Å². The Labute approximate surface area is 163 Å². The molecule has 0 atom stereocenters. The molecule has 1 aliphatic carbocycles. The lowest BCUT2D eigenvalue weighted by Crippen LogP contribution is -2.25. The Hall–Kier alpha value is -2.53. The smallest absolute Gasteiger partial charge is 0.353 e. The lowest BCUT2D eigenvalue weighted by atomic mass is 10.2. The van der Waals surface area contributed by atoms with Gasteiger partial charge in [0.05, 0.1) is 12.8 Å².